The summed E-state index contributed by atoms with van der Waals surface area (Å²) in [5.41, 5.74) is 12.4. The average Bonchev–Trinajstić information content (AvgIpc) is 3.19. The van der Waals surface area contributed by atoms with Crippen molar-refractivity contribution < 1.29 is 49.7 Å². The fourth-order valence-electron chi connectivity index (χ4n) is 8.19. The molecule has 0 radical (unpaired) electrons. The molecule has 10 heteroatoms. The monoisotopic (exact) mass is 824 g/mol. The van der Waals surface area contributed by atoms with Crippen LogP contribution in [0.25, 0.3) is 0 Å². The van der Waals surface area contributed by atoms with Crippen molar-refractivity contribution in [1.82, 2.24) is 0 Å². The van der Waals surface area contributed by atoms with Crippen molar-refractivity contribution in [2.24, 2.45) is 0 Å². The second kappa shape index (κ2) is 17.7. The quantitative estimate of drug-likeness (QED) is 0.0581. The third-order valence-electron chi connectivity index (χ3n) is 11.5. The van der Waals surface area contributed by atoms with Gasteiger partial charge in [-0.1, -0.05) is 48.5 Å². The van der Waals surface area contributed by atoms with E-state index in [1.807, 2.05) is 104 Å². The maximum atomic E-state index is 11.8. The predicted octanol–water partition coefficient (Wildman–Crippen LogP) is 9.85. The molecule has 10 nitrogen and oxygen atoms in total. The largest absolute Gasteiger partial charge is 0.508 e. The molecule has 0 spiro atoms. The van der Waals surface area contributed by atoms with Crippen LogP contribution in [0.1, 0.15) is 101 Å². The molecule has 61 heavy (non-hydrogen) atoms. The van der Waals surface area contributed by atoms with Crippen LogP contribution in [0.2, 0.25) is 0 Å². The molecule has 0 unspecified atom stereocenters. The number of rotatable bonds is 14. The molecule has 0 heterocycles. The van der Waals surface area contributed by atoms with Gasteiger partial charge in [-0.25, -0.2) is 9.59 Å². The average molecular weight is 825 g/mol. The van der Waals surface area contributed by atoms with E-state index in [-0.39, 0.29) is 23.0 Å². The first-order valence-electron chi connectivity index (χ1n) is 20.0. The summed E-state index contributed by atoms with van der Waals surface area (Å²) >= 11 is 0. The number of carboxylic acid groups (broad SMARTS) is 2. The van der Waals surface area contributed by atoms with Gasteiger partial charge in [0, 0.05) is 23.0 Å². The van der Waals surface area contributed by atoms with Gasteiger partial charge in [0.2, 0.25) is 0 Å². The Labute approximate surface area is 356 Å². The van der Waals surface area contributed by atoms with Crippen molar-refractivity contribution in [3.8, 4) is 34.5 Å². The number of aromatic hydroxyl groups is 4. The third kappa shape index (κ3) is 9.44. The minimum atomic E-state index is -1.13. The van der Waals surface area contributed by atoms with E-state index in [0.29, 0.717) is 51.3 Å². The second-order valence-electron chi connectivity index (χ2n) is 16.1. The Bertz CT molecular complexity index is 2380. The Morgan fingerprint density at radius 1 is 0.410 bits per heavy atom. The normalized spacial score (nSPS) is 11.3. The third-order valence-corrected chi connectivity index (χ3v) is 11.5. The Balaban J connectivity index is 1.58. The topological polar surface area (TPSA) is 174 Å². The molecule has 0 fully saturated rings. The van der Waals surface area contributed by atoms with Gasteiger partial charge in [-0.2, -0.15) is 0 Å². The summed E-state index contributed by atoms with van der Waals surface area (Å²) in [6.07, 6.45) is 0.389. The van der Waals surface area contributed by atoms with Gasteiger partial charge in [0.1, 0.15) is 34.5 Å². The molecule has 6 aromatic carbocycles. The molecule has 0 saturated heterocycles. The lowest BCUT2D eigenvalue weighted by atomic mass is 9.78. The number of carbonyl (C=O) groups is 2. The van der Waals surface area contributed by atoms with E-state index in [0.717, 1.165) is 55.6 Å². The first-order valence-corrected chi connectivity index (χ1v) is 20.0. The summed E-state index contributed by atoms with van der Waals surface area (Å²) in [5, 5.41) is 62.1. The number of phenolic OH excluding ortho intramolecular Hbond substituents is 4. The van der Waals surface area contributed by atoms with Crippen molar-refractivity contribution in [3.63, 3.8) is 0 Å². The number of benzene rings is 6. The molecule has 0 aliphatic heterocycles. The van der Waals surface area contributed by atoms with E-state index in [4.69, 9.17) is 9.47 Å². The molecule has 0 aliphatic rings. The molecule has 6 aromatic rings. The van der Waals surface area contributed by atoms with Gasteiger partial charge in [0.15, 0.2) is 13.2 Å². The van der Waals surface area contributed by atoms with Gasteiger partial charge < -0.3 is 40.1 Å². The van der Waals surface area contributed by atoms with Crippen LogP contribution in [0.3, 0.4) is 0 Å². The molecular formula is C51H52O10. The molecule has 0 amide bonds. The van der Waals surface area contributed by atoms with Crippen LogP contribution in [0, 0.1) is 55.4 Å². The Hall–Kier alpha value is -6.94. The van der Waals surface area contributed by atoms with E-state index in [1.54, 1.807) is 36.4 Å². The number of aryl methyl sites for hydroxylation is 8. The van der Waals surface area contributed by atoms with Crippen LogP contribution in [0.4, 0.5) is 0 Å². The van der Waals surface area contributed by atoms with Crippen LogP contribution >= 0.6 is 0 Å². The van der Waals surface area contributed by atoms with Gasteiger partial charge in [-0.15, -0.1) is 0 Å². The number of aliphatic carboxylic acids is 2. The second-order valence-corrected chi connectivity index (χ2v) is 16.1. The fraction of sp³-hybridized carbons (Fsp3) is 0.255. The Kier molecular flexibility index (Phi) is 12.7. The summed E-state index contributed by atoms with van der Waals surface area (Å²) in [4.78, 5) is 23.7. The lowest BCUT2D eigenvalue weighted by molar-refractivity contribution is -0.140. The van der Waals surface area contributed by atoms with Crippen LogP contribution in [0.15, 0.2) is 84.9 Å². The van der Waals surface area contributed by atoms with Crippen molar-refractivity contribution in [3.05, 3.63) is 174 Å². The summed E-state index contributed by atoms with van der Waals surface area (Å²) in [5.74, 6) is -1.96. The van der Waals surface area contributed by atoms with Crippen LogP contribution in [-0.2, 0) is 16.0 Å². The lowest BCUT2D eigenvalue weighted by Crippen LogP contribution is -2.15. The summed E-state index contributed by atoms with van der Waals surface area (Å²) in [6.45, 7) is 13.8. The molecule has 0 aliphatic carbocycles. The van der Waals surface area contributed by atoms with E-state index < -0.39 is 37.0 Å². The van der Waals surface area contributed by atoms with E-state index >= 15 is 0 Å². The lowest BCUT2D eigenvalue weighted by Gasteiger charge is -2.27. The zero-order valence-corrected chi connectivity index (χ0v) is 35.7. The molecule has 0 saturated carbocycles. The highest BCUT2D eigenvalue weighted by Crippen LogP contribution is 2.45. The Morgan fingerprint density at radius 2 is 0.689 bits per heavy atom. The molecule has 0 atom stereocenters. The number of hydrogen-bond donors (Lipinski definition) is 6. The van der Waals surface area contributed by atoms with Gasteiger partial charge in [-0.05, 0) is 176 Å². The fourth-order valence-corrected chi connectivity index (χ4v) is 8.19. The SMILES string of the molecule is Cc1cc(C(c2cc(C)c(O)cc2C)c2cc(Cc3ccc(OCC(=O)O)c(C(c4cc(C)c(O)cc4C)c4cc(C)c(O)cc4C)c3)ccc2OCC(=O)O)c(C)cc1O. The van der Waals surface area contributed by atoms with E-state index in [2.05, 4.69) is 0 Å². The summed E-state index contributed by atoms with van der Waals surface area (Å²) in [7, 11) is 0. The van der Waals surface area contributed by atoms with Gasteiger partial charge in [0.25, 0.3) is 0 Å². The van der Waals surface area contributed by atoms with Crippen molar-refractivity contribution in [1.29, 1.82) is 0 Å². The van der Waals surface area contributed by atoms with Crippen molar-refractivity contribution in [2.45, 2.75) is 73.6 Å². The molecule has 0 aromatic heterocycles. The van der Waals surface area contributed by atoms with Crippen molar-refractivity contribution in [2.75, 3.05) is 13.2 Å². The molecular weight excluding hydrogens is 773 g/mol. The number of hydrogen-bond acceptors (Lipinski definition) is 8. The highest BCUT2D eigenvalue weighted by molar-refractivity contribution is 5.69. The first kappa shape index (κ1) is 43.6. The van der Waals surface area contributed by atoms with E-state index in [1.165, 1.54) is 0 Å². The highest BCUT2D eigenvalue weighted by atomic mass is 16.5. The van der Waals surface area contributed by atoms with Crippen LogP contribution in [-0.4, -0.2) is 55.8 Å². The van der Waals surface area contributed by atoms with Gasteiger partial charge in [0.05, 0.1) is 0 Å². The Morgan fingerprint density at radius 3 is 0.951 bits per heavy atom. The van der Waals surface area contributed by atoms with Gasteiger partial charge in [-0.3, -0.25) is 0 Å². The van der Waals surface area contributed by atoms with Crippen LogP contribution in [0.5, 0.6) is 34.5 Å². The van der Waals surface area contributed by atoms with E-state index in [9.17, 15) is 40.2 Å². The summed E-state index contributed by atoms with van der Waals surface area (Å²) in [6, 6.07) is 25.8. The molecule has 6 rings (SSSR count). The predicted molar refractivity (Wildman–Crippen MR) is 234 cm³/mol. The number of ether oxygens (including phenoxy) is 2. The zero-order chi connectivity index (χ0) is 44.4. The molecule has 0 bridgehead atoms. The van der Waals surface area contributed by atoms with Gasteiger partial charge >= 0.3 is 11.9 Å². The highest BCUT2D eigenvalue weighted by Gasteiger charge is 2.29. The summed E-state index contributed by atoms with van der Waals surface area (Å²) < 4.78 is 12.0. The number of phenols is 4. The number of carboxylic acids is 2. The smallest absolute Gasteiger partial charge is 0.341 e. The maximum Gasteiger partial charge on any atom is 0.341 e. The molecule has 316 valence electrons. The first-order chi connectivity index (χ1) is 28.8. The minimum absolute atomic E-state index is 0.148. The van der Waals surface area contributed by atoms with Crippen molar-refractivity contribution >= 4 is 11.9 Å². The maximum absolute atomic E-state index is 11.8. The van der Waals surface area contributed by atoms with Crippen LogP contribution < -0.4 is 9.47 Å². The minimum Gasteiger partial charge on any atom is -0.508 e. The zero-order valence-electron chi connectivity index (χ0n) is 35.7. The standard InChI is InChI=1S/C51H52O10/c1-26-17-42(52)30(5)13-36(26)50(37-14-31(6)43(53)18-27(37)2)40-22-34(9-11-46(40)60-24-48(56)57)21-35-10-12-47(61-25-49(58)59)41(23-35)51(38-15-32(7)44(54)19-28(38)3)39-16-33(8)45(55)20-29(39)4/h9-20,22-23,50-55H,21,24-25H2,1-8H3,(H,56,57)(H,58,59). The molecule has 6 N–H and O–H groups in total.